The lowest BCUT2D eigenvalue weighted by molar-refractivity contribution is -0.140. The van der Waals surface area contributed by atoms with Gasteiger partial charge in [0, 0.05) is 23.4 Å². The van der Waals surface area contributed by atoms with Crippen molar-refractivity contribution in [2.45, 2.75) is 52.4 Å². The van der Waals surface area contributed by atoms with Gasteiger partial charge in [-0.05, 0) is 61.9 Å². The number of dihydropyridines is 1. The van der Waals surface area contributed by atoms with Crippen molar-refractivity contribution in [3.05, 3.63) is 70.0 Å². The predicted molar refractivity (Wildman–Crippen MR) is 131 cm³/mol. The quantitative estimate of drug-likeness (QED) is 0.549. The molecule has 1 aliphatic carbocycles. The van der Waals surface area contributed by atoms with Crippen LogP contribution in [-0.2, 0) is 14.3 Å². The summed E-state index contributed by atoms with van der Waals surface area (Å²) in [5, 5.41) is 3.36. The number of hydrogen-bond acceptors (Lipinski definition) is 7. The van der Waals surface area contributed by atoms with Crippen LogP contribution < -0.4 is 14.8 Å². The number of Topliss-reactive ketones (excluding diaryl/α,β-unsaturated/α-hetero) is 1. The molecular weight excluding hydrogens is 446 g/mol. The van der Waals surface area contributed by atoms with Gasteiger partial charge in [0.15, 0.2) is 17.3 Å². The fourth-order valence-electron chi connectivity index (χ4n) is 4.87. The Labute approximate surface area is 206 Å². The molecule has 2 aromatic rings. The molecule has 35 heavy (non-hydrogen) atoms. The van der Waals surface area contributed by atoms with Crippen LogP contribution in [0.1, 0.15) is 62.5 Å². The van der Waals surface area contributed by atoms with Crippen LogP contribution >= 0.6 is 0 Å². The van der Waals surface area contributed by atoms with Crippen molar-refractivity contribution < 1.29 is 28.2 Å². The van der Waals surface area contributed by atoms with Crippen LogP contribution in [0.4, 0.5) is 0 Å². The summed E-state index contributed by atoms with van der Waals surface area (Å²) < 4.78 is 22.4. The zero-order valence-electron chi connectivity index (χ0n) is 21.2. The average Bonchev–Trinajstić information content (AvgIpc) is 3.26. The number of carbonyl (C=O) groups excluding carboxylic acids is 2. The first-order valence-corrected chi connectivity index (χ1v) is 11.9. The Bertz CT molecular complexity index is 1200. The number of ether oxygens (including phenoxy) is 3. The van der Waals surface area contributed by atoms with E-state index >= 15 is 0 Å². The summed E-state index contributed by atoms with van der Waals surface area (Å²) in [7, 11) is 3.20. The zero-order valence-corrected chi connectivity index (χ0v) is 21.2. The number of rotatable bonds is 7. The van der Waals surface area contributed by atoms with E-state index in [1.165, 1.54) is 0 Å². The van der Waals surface area contributed by atoms with Crippen molar-refractivity contribution in [1.29, 1.82) is 0 Å². The second-order valence-corrected chi connectivity index (χ2v) is 9.57. The molecule has 0 spiro atoms. The van der Waals surface area contributed by atoms with E-state index in [0.717, 1.165) is 17.0 Å². The van der Waals surface area contributed by atoms with Gasteiger partial charge in [0.2, 0.25) is 0 Å². The number of benzene rings is 1. The van der Waals surface area contributed by atoms with Crippen molar-refractivity contribution in [3.63, 3.8) is 0 Å². The number of methoxy groups -OCH3 is 2. The minimum absolute atomic E-state index is 0.0146. The molecular formula is C28H33NO6. The van der Waals surface area contributed by atoms with Crippen LogP contribution in [0.3, 0.4) is 0 Å². The van der Waals surface area contributed by atoms with Gasteiger partial charge in [-0.2, -0.15) is 0 Å². The maximum atomic E-state index is 13.7. The Morgan fingerprint density at radius 1 is 1.09 bits per heavy atom. The molecule has 0 bridgehead atoms. The van der Waals surface area contributed by atoms with Crippen LogP contribution in [0.15, 0.2) is 57.3 Å². The molecule has 1 aromatic heterocycles. The first kappa shape index (κ1) is 24.6. The van der Waals surface area contributed by atoms with E-state index in [1.807, 2.05) is 58.0 Å². The minimum atomic E-state index is -0.599. The number of allylic oxidation sites excluding steroid dienone is 3. The SMILES string of the molecule is COc1ccc([C@H]2CC(=O)C3=C(C2)NC(C)=C(C(=O)OCC(C)C)[C@H]3c2ccc(C)o2)cc1OC. The van der Waals surface area contributed by atoms with E-state index in [9.17, 15) is 9.59 Å². The molecule has 0 radical (unpaired) electrons. The Kier molecular flexibility index (Phi) is 7.05. The highest BCUT2D eigenvalue weighted by atomic mass is 16.5. The van der Waals surface area contributed by atoms with E-state index in [2.05, 4.69) is 5.32 Å². The summed E-state index contributed by atoms with van der Waals surface area (Å²) in [5.74, 6) is 1.70. The smallest absolute Gasteiger partial charge is 0.336 e. The number of furan rings is 1. The molecule has 7 heteroatoms. The molecule has 1 aromatic carbocycles. The molecule has 1 aliphatic heterocycles. The Hall–Kier alpha value is -3.48. The number of hydrogen-bond donors (Lipinski definition) is 1. The average molecular weight is 480 g/mol. The zero-order chi connectivity index (χ0) is 25.3. The summed E-state index contributed by atoms with van der Waals surface area (Å²) in [6.45, 7) is 7.98. The standard InChI is InChI=1S/C28H33NO6/c1-15(2)14-34-28(31)25-17(4)29-20-11-19(18-8-10-22(32-5)24(13-18)33-6)12-21(30)26(20)27(25)23-9-7-16(3)35-23/h7-10,13,15,19,27,29H,11-12,14H2,1-6H3/t19-,27-/m1/s1. The molecule has 2 atom stereocenters. The Morgan fingerprint density at radius 3 is 2.46 bits per heavy atom. The summed E-state index contributed by atoms with van der Waals surface area (Å²) in [5.41, 5.74) is 3.50. The molecule has 7 nitrogen and oxygen atoms in total. The highest BCUT2D eigenvalue weighted by Gasteiger charge is 2.43. The molecule has 0 fully saturated rings. The molecule has 0 amide bonds. The van der Waals surface area contributed by atoms with E-state index in [4.69, 9.17) is 18.6 Å². The summed E-state index contributed by atoms with van der Waals surface area (Å²) in [6, 6.07) is 9.45. The number of carbonyl (C=O) groups is 2. The molecule has 2 heterocycles. The van der Waals surface area contributed by atoms with Crippen LogP contribution in [0.2, 0.25) is 0 Å². The van der Waals surface area contributed by atoms with Gasteiger partial charge < -0.3 is 23.9 Å². The second kappa shape index (κ2) is 10.0. The van der Waals surface area contributed by atoms with Gasteiger partial charge in [-0.25, -0.2) is 4.79 Å². The third kappa shape index (κ3) is 4.85. The van der Waals surface area contributed by atoms with Crippen molar-refractivity contribution >= 4 is 11.8 Å². The van der Waals surface area contributed by atoms with E-state index in [-0.39, 0.29) is 17.6 Å². The van der Waals surface area contributed by atoms with Crippen molar-refractivity contribution in [2.75, 3.05) is 20.8 Å². The largest absolute Gasteiger partial charge is 0.493 e. The van der Waals surface area contributed by atoms with Gasteiger partial charge in [-0.1, -0.05) is 19.9 Å². The van der Waals surface area contributed by atoms with Gasteiger partial charge in [0.05, 0.1) is 32.3 Å². The van der Waals surface area contributed by atoms with Gasteiger partial charge in [-0.15, -0.1) is 0 Å². The Morgan fingerprint density at radius 2 is 1.83 bits per heavy atom. The maximum absolute atomic E-state index is 13.7. The lowest BCUT2D eigenvalue weighted by Crippen LogP contribution is -2.36. The van der Waals surface area contributed by atoms with E-state index in [1.54, 1.807) is 14.2 Å². The van der Waals surface area contributed by atoms with Crippen LogP contribution in [-0.4, -0.2) is 32.6 Å². The van der Waals surface area contributed by atoms with E-state index in [0.29, 0.717) is 53.6 Å². The van der Waals surface area contributed by atoms with Crippen LogP contribution in [0, 0.1) is 12.8 Å². The van der Waals surface area contributed by atoms with Crippen LogP contribution in [0.25, 0.3) is 0 Å². The molecule has 2 aliphatic rings. The second-order valence-electron chi connectivity index (χ2n) is 9.57. The highest BCUT2D eigenvalue weighted by Crippen LogP contribution is 2.46. The fraction of sp³-hybridized carbons (Fsp3) is 0.429. The first-order chi connectivity index (χ1) is 16.7. The highest BCUT2D eigenvalue weighted by molar-refractivity contribution is 6.04. The summed E-state index contributed by atoms with van der Waals surface area (Å²) >= 11 is 0. The monoisotopic (exact) mass is 479 g/mol. The lowest BCUT2D eigenvalue weighted by atomic mass is 9.73. The van der Waals surface area contributed by atoms with E-state index < -0.39 is 11.9 Å². The van der Waals surface area contributed by atoms with Crippen molar-refractivity contribution in [1.82, 2.24) is 5.32 Å². The third-order valence-electron chi connectivity index (χ3n) is 6.52. The lowest BCUT2D eigenvalue weighted by Gasteiger charge is -2.36. The predicted octanol–water partition coefficient (Wildman–Crippen LogP) is 5.17. The number of ketones is 1. The maximum Gasteiger partial charge on any atom is 0.336 e. The van der Waals surface area contributed by atoms with Crippen LogP contribution in [0.5, 0.6) is 11.5 Å². The molecule has 0 saturated carbocycles. The number of aryl methyl sites for hydroxylation is 1. The molecule has 0 saturated heterocycles. The summed E-state index contributed by atoms with van der Waals surface area (Å²) in [4.78, 5) is 26.8. The molecule has 186 valence electrons. The Balaban J connectivity index is 1.72. The molecule has 0 unspecified atom stereocenters. The number of esters is 1. The summed E-state index contributed by atoms with van der Waals surface area (Å²) in [6.07, 6.45) is 0.942. The van der Waals surface area contributed by atoms with Gasteiger partial charge >= 0.3 is 5.97 Å². The van der Waals surface area contributed by atoms with Crippen molar-refractivity contribution in [3.8, 4) is 11.5 Å². The van der Waals surface area contributed by atoms with Gasteiger partial charge in [0.1, 0.15) is 11.5 Å². The minimum Gasteiger partial charge on any atom is -0.493 e. The normalized spacial score (nSPS) is 20.0. The van der Waals surface area contributed by atoms with Crippen molar-refractivity contribution in [2.24, 2.45) is 5.92 Å². The topological polar surface area (TPSA) is 87.0 Å². The number of nitrogens with one attached hydrogen (secondary N) is 1. The molecule has 1 N–H and O–H groups in total. The first-order valence-electron chi connectivity index (χ1n) is 11.9. The van der Waals surface area contributed by atoms with Gasteiger partial charge in [0.25, 0.3) is 0 Å². The fourth-order valence-corrected chi connectivity index (χ4v) is 4.87. The molecule has 4 rings (SSSR count). The third-order valence-corrected chi connectivity index (χ3v) is 6.52. The van der Waals surface area contributed by atoms with Gasteiger partial charge in [-0.3, -0.25) is 4.79 Å².